The molecule has 2 aromatic rings. The van der Waals surface area contributed by atoms with Gasteiger partial charge in [0.15, 0.2) is 0 Å². The minimum absolute atomic E-state index is 0.133. The molecule has 0 unspecified atom stereocenters. The third-order valence-corrected chi connectivity index (χ3v) is 3.22. The lowest BCUT2D eigenvalue weighted by molar-refractivity contribution is 0.0943. The Morgan fingerprint density at radius 3 is 2.95 bits per heavy atom. The Balaban J connectivity index is 1.99. The van der Waals surface area contributed by atoms with Gasteiger partial charge in [0.1, 0.15) is 5.15 Å². The number of hydrogen-bond acceptors (Lipinski definition) is 3. The zero-order valence-electron chi connectivity index (χ0n) is 12.1. The third kappa shape index (κ3) is 4.41. The van der Waals surface area contributed by atoms with Crippen LogP contribution in [0.4, 0.5) is 0 Å². The molecular formula is C16H19ClN2O2. The van der Waals surface area contributed by atoms with Crippen LogP contribution in [0.2, 0.25) is 5.15 Å². The summed E-state index contributed by atoms with van der Waals surface area (Å²) in [6, 6.07) is 9.08. The summed E-state index contributed by atoms with van der Waals surface area (Å²) < 4.78 is 5.38. The molecule has 1 aromatic carbocycles. The monoisotopic (exact) mass is 306 g/mol. The molecule has 0 spiro atoms. The normalized spacial score (nSPS) is 10.8. The van der Waals surface area contributed by atoms with E-state index in [0.717, 1.165) is 30.4 Å². The fraction of sp³-hybridized carbons (Fsp3) is 0.375. The molecule has 0 atom stereocenters. The molecular weight excluding hydrogens is 288 g/mol. The maximum absolute atomic E-state index is 12.3. The summed E-state index contributed by atoms with van der Waals surface area (Å²) in [7, 11) is 0. The van der Waals surface area contributed by atoms with Crippen molar-refractivity contribution in [2.75, 3.05) is 19.8 Å². The number of rotatable bonds is 7. The summed E-state index contributed by atoms with van der Waals surface area (Å²) in [6.07, 6.45) is 1.80. The van der Waals surface area contributed by atoms with Crippen molar-refractivity contribution in [2.24, 2.45) is 0 Å². The lowest BCUT2D eigenvalue weighted by Crippen LogP contribution is -2.25. The molecule has 0 saturated heterocycles. The molecule has 1 N–H and O–H groups in total. The molecule has 0 fully saturated rings. The molecule has 112 valence electrons. The average molecular weight is 307 g/mol. The summed E-state index contributed by atoms with van der Waals surface area (Å²) in [5.74, 6) is -0.133. The number of pyridine rings is 1. The van der Waals surface area contributed by atoms with Crippen molar-refractivity contribution in [2.45, 2.75) is 19.8 Å². The fourth-order valence-corrected chi connectivity index (χ4v) is 2.25. The van der Waals surface area contributed by atoms with E-state index in [2.05, 4.69) is 17.2 Å². The van der Waals surface area contributed by atoms with Crippen LogP contribution in [0.3, 0.4) is 0 Å². The van der Waals surface area contributed by atoms with Crippen molar-refractivity contribution in [1.29, 1.82) is 0 Å². The van der Waals surface area contributed by atoms with Gasteiger partial charge in [-0.05, 0) is 25.0 Å². The van der Waals surface area contributed by atoms with Crippen LogP contribution in [0.25, 0.3) is 10.9 Å². The van der Waals surface area contributed by atoms with Gasteiger partial charge in [-0.25, -0.2) is 4.98 Å². The molecule has 0 aliphatic heterocycles. The molecule has 0 aliphatic carbocycles. The van der Waals surface area contributed by atoms with Gasteiger partial charge >= 0.3 is 0 Å². The first-order valence-electron chi connectivity index (χ1n) is 7.13. The summed E-state index contributed by atoms with van der Waals surface area (Å²) in [6.45, 7) is 4.07. The van der Waals surface area contributed by atoms with Crippen LogP contribution in [0.5, 0.6) is 0 Å². The smallest absolute Gasteiger partial charge is 0.252 e. The third-order valence-electron chi connectivity index (χ3n) is 3.03. The zero-order valence-corrected chi connectivity index (χ0v) is 12.8. The van der Waals surface area contributed by atoms with Crippen LogP contribution in [-0.2, 0) is 4.74 Å². The molecule has 0 radical (unpaired) electrons. The van der Waals surface area contributed by atoms with Gasteiger partial charge in [-0.3, -0.25) is 4.79 Å². The summed E-state index contributed by atoms with van der Waals surface area (Å²) in [4.78, 5) is 16.5. The Bertz CT molecular complexity index is 616. The van der Waals surface area contributed by atoms with Crippen molar-refractivity contribution in [3.8, 4) is 0 Å². The van der Waals surface area contributed by atoms with Gasteiger partial charge in [0, 0.05) is 25.1 Å². The van der Waals surface area contributed by atoms with E-state index in [9.17, 15) is 4.79 Å². The van der Waals surface area contributed by atoms with Gasteiger partial charge in [0.05, 0.1) is 11.1 Å². The first kappa shape index (κ1) is 15.7. The summed E-state index contributed by atoms with van der Waals surface area (Å²) >= 11 is 5.98. The van der Waals surface area contributed by atoms with Gasteiger partial charge in [-0.2, -0.15) is 0 Å². The minimum atomic E-state index is -0.133. The maximum Gasteiger partial charge on any atom is 0.252 e. The molecule has 21 heavy (non-hydrogen) atoms. The summed E-state index contributed by atoms with van der Waals surface area (Å²) in [5, 5.41) is 4.02. The number of amides is 1. The van der Waals surface area contributed by atoms with Crippen molar-refractivity contribution in [3.63, 3.8) is 0 Å². The van der Waals surface area contributed by atoms with Gasteiger partial charge in [-0.1, -0.05) is 36.7 Å². The Morgan fingerprint density at radius 2 is 2.14 bits per heavy atom. The standard InChI is InChI=1S/C16H19ClN2O2/c1-2-9-21-10-5-8-18-16(20)13-11-15(17)19-14-7-4-3-6-12(13)14/h3-4,6-7,11H,2,5,8-10H2,1H3,(H,18,20). The second kappa shape index (κ2) is 7.96. The van der Waals surface area contributed by atoms with Crippen LogP contribution < -0.4 is 5.32 Å². The van der Waals surface area contributed by atoms with Gasteiger partial charge < -0.3 is 10.1 Å². The number of nitrogens with one attached hydrogen (secondary N) is 1. The first-order valence-corrected chi connectivity index (χ1v) is 7.51. The molecule has 0 saturated carbocycles. The van der Waals surface area contributed by atoms with Crippen LogP contribution in [0.15, 0.2) is 30.3 Å². The van der Waals surface area contributed by atoms with E-state index in [1.165, 1.54) is 0 Å². The SMILES string of the molecule is CCCOCCCNC(=O)c1cc(Cl)nc2ccccc12. The molecule has 2 rings (SSSR count). The van der Waals surface area contributed by atoms with Gasteiger partial charge in [0.2, 0.25) is 0 Å². The van der Waals surface area contributed by atoms with Crippen molar-refractivity contribution in [1.82, 2.24) is 10.3 Å². The summed E-state index contributed by atoms with van der Waals surface area (Å²) in [5.41, 5.74) is 1.28. The van der Waals surface area contributed by atoms with E-state index in [4.69, 9.17) is 16.3 Å². The van der Waals surface area contributed by atoms with Crippen molar-refractivity contribution < 1.29 is 9.53 Å². The number of fused-ring (bicyclic) bond motifs is 1. The molecule has 1 heterocycles. The second-order valence-electron chi connectivity index (χ2n) is 4.73. The molecule has 1 aromatic heterocycles. The van der Waals surface area contributed by atoms with Crippen molar-refractivity contribution in [3.05, 3.63) is 41.0 Å². The highest BCUT2D eigenvalue weighted by Gasteiger charge is 2.11. The Labute approximate surface area is 129 Å². The number of carbonyl (C=O) groups is 1. The van der Waals surface area contributed by atoms with E-state index in [1.807, 2.05) is 24.3 Å². The second-order valence-corrected chi connectivity index (χ2v) is 5.12. The topological polar surface area (TPSA) is 51.2 Å². The maximum atomic E-state index is 12.3. The van der Waals surface area contributed by atoms with E-state index < -0.39 is 0 Å². The Morgan fingerprint density at radius 1 is 1.33 bits per heavy atom. The number of carbonyl (C=O) groups excluding carboxylic acids is 1. The highest BCUT2D eigenvalue weighted by molar-refractivity contribution is 6.30. The van der Waals surface area contributed by atoms with Gasteiger partial charge in [-0.15, -0.1) is 0 Å². The van der Waals surface area contributed by atoms with E-state index in [-0.39, 0.29) is 5.91 Å². The number of aromatic nitrogens is 1. The van der Waals surface area contributed by atoms with Gasteiger partial charge in [0.25, 0.3) is 5.91 Å². The Kier molecular flexibility index (Phi) is 5.96. The van der Waals surface area contributed by atoms with Crippen LogP contribution >= 0.6 is 11.6 Å². The lowest BCUT2D eigenvalue weighted by Gasteiger charge is -2.08. The fourth-order valence-electron chi connectivity index (χ4n) is 2.05. The zero-order chi connectivity index (χ0) is 15.1. The minimum Gasteiger partial charge on any atom is -0.381 e. The van der Waals surface area contributed by atoms with Crippen molar-refractivity contribution >= 4 is 28.4 Å². The van der Waals surface area contributed by atoms with Crippen LogP contribution in [0, 0.1) is 0 Å². The largest absolute Gasteiger partial charge is 0.381 e. The average Bonchev–Trinajstić information content (AvgIpc) is 2.49. The Hall–Kier alpha value is -1.65. The molecule has 4 nitrogen and oxygen atoms in total. The molecule has 0 aliphatic rings. The van der Waals surface area contributed by atoms with Crippen LogP contribution in [0.1, 0.15) is 30.1 Å². The van der Waals surface area contributed by atoms with E-state index in [1.54, 1.807) is 6.07 Å². The molecule has 1 amide bonds. The number of hydrogen-bond donors (Lipinski definition) is 1. The molecule has 0 bridgehead atoms. The predicted molar refractivity (Wildman–Crippen MR) is 84.8 cm³/mol. The highest BCUT2D eigenvalue weighted by Crippen LogP contribution is 2.20. The number of benzene rings is 1. The number of ether oxygens (including phenoxy) is 1. The molecule has 5 heteroatoms. The van der Waals surface area contributed by atoms with E-state index in [0.29, 0.717) is 23.9 Å². The number of halogens is 1. The first-order chi connectivity index (χ1) is 10.2. The lowest BCUT2D eigenvalue weighted by atomic mass is 10.1. The number of para-hydroxylation sites is 1. The van der Waals surface area contributed by atoms with Crippen LogP contribution in [-0.4, -0.2) is 30.6 Å². The predicted octanol–water partition coefficient (Wildman–Crippen LogP) is 3.43. The van der Waals surface area contributed by atoms with E-state index >= 15 is 0 Å². The number of nitrogens with zero attached hydrogens (tertiary/aromatic N) is 1. The quantitative estimate of drug-likeness (QED) is 0.630. The highest BCUT2D eigenvalue weighted by atomic mass is 35.5.